The van der Waals surface area contributed by atoms with Gasteiger partial charge in [-0.05, 0) is 18.4 Å². The summed E-state index contributed by atoms with van der Waals surface area (Å²) in [5, 5.41) is 1.90. The number of nitrogens with two attached hydrogens (primary N) is 1. The van der Waals surface area contributed by atoms with Crippen LogP contribution in [0.25, 0.3) is 5.70 Å². The van der Waals surface area contributed by atoms with Crippen molar-refractivity contribution in [2.45, 2.75) is 6.92 Å². The Labute approximate surface area is 80.8 Å². The quantitative estimate of drug-likeness (QED) is 0.591. The number of hydrogen-bond donors (Lipinski definition) is 1. The van der Waals surface area contributed by atoms with Crippen molar-refractivity contribution >= 4 is 23.0 Å². The molecule has 0 aliphatic rings. The standard InChI is InChI=1S/C9H11NO2S/c1-2-12-9(11)6-7(10)8-4-3-5-13-8/h3-6H,2,10H2,1H3/b7-6+. The molecule has 0 aliphatic heterocycles. The van der Waals surface area contributed by atoms with Crippen LogP contribution in [0.2, 0.25) is 0 Å². The SMILES string of the molecule is CCOC(=O)/C=C(/N)c1cccs1. The van der Waals surface area contributed by atoms with Crippen LogP contribution < -0.4 is 5.73 Å². The Balaban J connectivity index is 2.67. The number of thiophene rings is 1. The van der Waals surface area contributed by atoms with E-state index in [0.29, 0.717) is 12.3 Å². The van der Waals surface area contributed by atoms with Gasteiger partial charge in [0.1, 0.15) is 0 Å². The van der Waals surface area contributed by atoms with Crippen LogP contribution in [0.3, 0.4) is 0 Å². The van der Waals surface area contributed by atoms with Crippen molar-refractivity contribution in [3.05, 3.63) is 28.5 Å². The van der Waals surface area contributed by atoms with Gasteiger partial charge in [-0.15, -0.1) is 11.3 Å². The topological polar surface area (TPSA) is 52.3 Å². The van der Waals surface area contributed by atoms with Crippen molar-refractivity contribution in [2.24, 2.45) is 5.73 Å². The molecular formula is C9H11NO2S. The van der Waals surface area contributed by atoms with Gasteiger partial charge >= 0.3 is 5.97 Å². The smallest absolute Gasteiger partial charge is 0.332 e. The molecule has 3 nitrogen and oxygen atoms in total. The Morgan fingerprint density at radius 1 is 1.77 bits per heavy atom. The molecule has 0 radical (unpaired) electrons. The van der Waals surface area contributed by atoms with E-state index < -0.39 is 5.97 Å². The molecule has 13 heavy (non-hydrogen) atoms. The largest absolute Gasteiger partial charge is 0.463 e. The zero-order chi connectivity index (χ0) is 9.68. The van der Waals surface area contributed by atoms with Gasteiger partial charge < -0.3 is 10.5 Å². The summed E-state index contributed by atoms with van der Waals surface area (Å²) in [6, 6.07) is 3.74. The number of hydrogen-bond acceptors (Lipinski definition) is 4. The molecular weight excluding hydrogens is 186 g/mol. The third-order valence-electron chi connectivity index (χ3n) is 1.37. The van der Waals surface area contributed by atoms with Crippen LogP contribution in [0.4, 0.5) is 0 Å². The van der Waals surface area contributed by atoms with Gasteiger partial charge in [0, 0.05) is 6.08 Å². The molecule has 1 aromatic rings. The summed E-state index contributed by atoms with van der Waals surface area (Å²) >= 11 is 1.49. The summed E-state index contributed by atoms with van der Waals surface area (Å²) in [4.78, 5) is 11.9. The number of carbonyl (C=O) groups is 1. The second-order valence-electron chi connectivity index (χ2n) is 2.33. The van der Waals surface area contributed by atoms with Crippen LogP contribution in [0, 0.1) is 0 Å². The van der Waals surface area contributed by atoms with E-state index in [1.807, 2.05) is 17.5 Å². The van der Waals surface area contributed by atoms with E-state index in [-0.39, 0.29) is 0 Å². The van der Waals surface area contributed by atoms with Gasteiger partial charge in [0.05, 0.1) is 17.2 Å². The number of esters is 1. The third-order valence-corrected chi connectivity index (χ3v) is 2.28. The molecule has 1 heterocycles. The molecule has 1 aromatic heterocycles. The minimum atomic E-state index is -0.395. The van der Waals surface area contributed by atoms with Gasteiger partial charge in [0.15, 0.2) is 0 Å². The highest BCUT2D eigenvalue weighted by Gasteiger charge is 2.01. The molecule has 70 valence electrons. The Morgan fingerprint density at radius 3 is 3.08 bits per heavy atom. The summed E-state index contributed by atoms with van der Waals surface area (Å²) in [6.45, 7) is 2.13. The van der Waals surface area contributed by atoms with E-state index in [9.17, 15) is 4.79 Å². The molecule has 2 N–H and O–H groups in total. The Kier molecular flexibility index (Phi) is 3.52. The molecule has 0 saturated carbocycles. The van der Waals surface area contributed by atoms with Crippen molar-refractivity contribution in [1.82, 2.24) is 0 Å². The van der Waals surface area contributed by atoms with E-state index in [4.69, 9.17) is 10.5 Å². The maximum absolute atomic E-state index is 11.0. The molecule has 0 fully saturated rings. The molecule has 0 aliphatic carbocycles. The fourth-order valence-electron chi connectivity index (χ4n) is 0.825. The van der Waals surface area contributed by atoms with Gasteiger partial charge in [0.25, 0.3) is 0 Å². The van der Waals surface area contributed by atoms with Gasteiger partial charge in [0.2, 0.25) is 0 Å². The summed E-state index contributed by atoms with van der Waals surface area (Å²) in [7, 11) is 0. The van der Waals surface area contributed by atoms with Crippen LogP contribution in [-0.2, 0) is 9.53 Å². The highest BCUT2D eigenvalue weighted by atomic mass is 32.1. The van der Waals surface area contributed by atoms with Crippen LogP contribution in [0.1, 0.15) is 11.8 Å². The fraction of sp³-hybridized carbons (Fsp3) is 0.222. The maximum Gasteiger partial charge on any atom is 0.332 e. The van der Waals surface area contributed by atoms with Crippen molar-refractivity contribution in [2.75, 3.05) is 6.61 Å². The molecule has 0 unspecified atom stereocenters. The molecule has 0 bridgehead atoms. The van der Waals surface area contributed by atoms with E-state index in [1.165, 1.54) is 17.4 Å². The van der Waals surface area contributed by atoms with E-state index in [0.717, 1.165) is 4.88 Å². The lowest BCUT2D eigenvalue weighted by Crippen LogP contribution is -2.04. The van der Waals surface area contributed by atoms with Gasteiger partial charge in [-0.25, -0.2) is 4.79 Å². The first-order valence-corrected chi connectivity index (χ1v) is 4.79. The summed E-state index contributed by atoms with van der Waals surface area (Å²) in [5.74, 6) is -0.395. The molecule has 0 aromatic carbocycles. The van der Waals surface area contributed by atoms with E-state index in [1.54, 1.807) is 6.92 Å². The minimum Gasteiger partial charge on any atom is -0.463 e. The van der Waals surface area contributed by atoms with Crippen LogP contribution in [0.5, 0.6) is 0 Å². The van der Waals surface area contributed by atoms with Crippen molar-refractivity contribution in [3.8, 4) is 0 Å². The number of carbonyl (C=O) groups excluding carboxylic acids is 1. The second kappa shape index (κ2) is 4.67. The normalized spacial score (nSPS) is 11.3. The van der Waals surface area contributed by atoms with Crippen LogP contribution in [-0.4, -0.2) is 12.6 Å². The lowest BCUT2D eigenvalue weighted by atomic mass is 10.3. The molecule has 1 rings (SSSR count). The number of rotatable bonds is 3. The third kappa shape index (κ3) is 2.91. The average molecular weight is 197 g/mol. The van der Waals surface area contributed by atoms with Gasteiger partial charge in [-0.1, -0.05) is 6.07 Å². The van der Waals surface area contributed by atoms with Gasteiger partial charge in [-0.2, -0.15) is 0 Å². The Morgan fingerprint density at radius 2 is 2.54 bits per heavy atom. The van der Waals surface area contributed by atoms with E-state index in [2.05, 4.69) is 0 Å². The van der Waals surface area contributed by atoms with Crippen LogP contribution >= 0.6 is 11.3 Å². The molecule has 0 saturated heterocycles. The maximum atomic E-state index is 11.0. The zero-order valence-electron chi connectivity index (χ0n) is 7.32. The monoisotopic (exact) mass is 197 g/mol. The molecule has 0 amide bonds. The molecule has 4 heteroatoms. The summed E-state index contributed by atoms with van der Waals surface area (Å²) in [5.41, 5.74) is 6.09. The molecule has 0 spiro atoms. The predicted octanol–water partition coefficient (Wildman–Crippen LogP) is 1.61. The predicted molar refractivity (Wildman–Crippen MR) is 53.1 cm³/mol. The highest BCUT2D eigenvalue weighted by molar-refractivity contribution is 7.11. The van der Waals surface area contributed by atoms with Gasteiger partial charge in [-0.3, -0.25) is 0 Å². The van der Waals surface area contributed by atoms with Crippen molar-refractivity contribution in [3.63, 3.8) is 0 Å². The Bertz CT molecular complexity index is 303. The minimum absolute atomic E-state index is 0.368. The summed E-state index contributed by atoms with van der Waals surface area (Å²) in [6.07, 6.45) is 1.30. The number of ether oxygens (including phenoxy) is 1. The van der Waals surface area contributed by atoms with Crippen molar-refractivity contribution in [1.29, 1.82) is 0 Å². The van der Waals surface area contributed by atoms with E-state index >= 15 is 0 Å². The lowest BCUT2D eigenvalue weighted by molar-refractivity contribution is -0.137. The first kappa shape index (κ1) is 9.80. The van der Waals surface area contributed by atoms with Crippen LogP contribution in [0.15, 0.2) is 23.6 Å². The lowest BCUT2D eigenvalue weighted by Gasteiger charge is -1.97. The van der Waals surface area contributed by atoms with Crippen molar-refractivity contribution < 1.29 is 9.53 Å². The summed E-state index contributed by atoms with van der Waals surface area (Å²) < 4.78 is 4.72. The first-order chi connectivity index (χ1) is 6.24. The average Bonchev–Trinajstić information content (AvgIpc) is 2.55. The molecule has 0 atom stereocenters. The Hall–Kier alpha value is -1.29. The second-order valence-corrected chi connectivity index (χ2v) is 3.28. The zero-order valence-corrected chi connectivity index (χ0v) is 8.14. The first-order valence-electron chi connectivity index (χ1n) is 3.92. The highest BCUT2D eigenvalue weighted by Crippen LogP contribution is 2.15. The fourth-order valence-corrected chi connectivity index (χ4v) is 1.48.